The number of imidazole rings is 1. The Balaban J connectivity index is 1.58. The fraction of sp³-hybridized carbons (Fsp3) is 0.476. The van der Waals surface area contributed by atoms with Crippen molar-refractivity contribution >= 4 is 42.1 Å². The predicted octanol–water partition coefficient (Wildman–Crippen LogP) is 2.41. The van der Waals surface area contributed by atoms with Crippen molar-refractivity contribution in [3.05, 3.63) is 29.5 Å². The maximum Gasteiger partial charge on any atom is 0.225 e. The molecule has 2 radical (unpaired) electrons. The van der Waals surface area contributed by atoms with E-state index in [9.17, 15) is 0 Å². The number of likely N-dealkylation sites (N-methyl/N-ethyl adjacent to an activating group) is 1. The lowest BCUT2D eigenvalue weighted by Crippen LogP contribution is -2.42. The molecule has 0 unspecified atom stereocenters. The topological polar surface area (TPSA) is 70.9 Å². The van der Waals surface area contributed by atoms with Crippen LogP contribution in [-0.2, 0) is 7.05 Å². The third kappa shape index (κ3) is 4.08. The molecule has 8 heteroatoms. The van der Waals surface area contributed by atoms with Gasteiger partial charge in [-0.05, 0) is 45.3 Å². The molecule has 29 heavy (non-hydrogen) atoms. The number of hydrogen-bond donors (Lipinski definition) is 2. The summed E-state index contributed by atoms with van der Waals surface area (Å²) in [6.07, 6.45) is 4.12. The molecule has 1 saturated heterocycles. The van der Waals surface area contributed by atoms with Crippen molar-refractivity contribution in [2.24, 2.45) is 7.05 Å². The molecule has 0 amide bonds. The molecule has 1 atom stereocenters. The van der Waals surface area contributed by atoms with Gasteiger partial charge in [0.15, 0.2) is 5.65 Å². The number of rotatable bonds is 5. The first-order valence-corrected chi connectivity index (χ1v) is 10.3. The summed E-state index contributed by atoms with van der Waals surface area (Å²) in [6.45, 7) is 9.57. The summed E-state index contributed by atoms with van der Waals surface area (Å²) in [6, 6.07) is 4.44. The van der Waals surface area contributed by atoms with Gasteiger partial charge in [0.1, 0.15) is 13.4 Å². The smallest absolute Gasteiger partial charge is 0.225 e. The first kappa shape index (κ1) is 19.7. The normalized spacial score (nSPS) is 17.6. The summed E-state index contributed by atoms with van der Waals surface area (Å²) in [5, 5.41) is 6.87. The van der Waals surface area contributed by atoms with E-state index in [1.54, 1.807) is 6.20 Å². The largest absolute Gasteiger partial charge is 0.350 e. The zero-order valence-corrected chi connectivity index (χ0v) is 17.7. The summed E-state index contributed by atoms with van der Waals surface area (Å²) in [7, 11) is 8.18. The third-order valence-electron chi connectivity index (χ3n) is 5.64. The average Bonchev–Trinajstić information content (AvgIpc) is 3.00. The lowest BCUT2D eigenvalue weighted by molar-refractivity contribution is 0.226. The summed E-state index contributed by atoms with van der Waals surface area (Å²) in [5.74, 6) is 1.35. The molecule has 4 rings (SSSR count). The van der Waals surface area contributed by atoms with Crippen LogP contribution in [0.15, 0.2) is 18.3 Å². The van der Waals surface area contributed by atoms with E-state index >= 15 is 0 Å². The van der Waals surface area contributed by atoms with Gasteiger partial charge in [-0.2, -0.15) is 4.98 Å². The highest BCUT2D eigenvalue weighted by atomic mass is 15.3. The molecule has 1 fully saturated rings. The molecule has 7 nitrogen and oxygen atoms in total. The summed E-state index contributed by atoms with van der Waals surface area (Å²) in [4.78, 5) is 16.3. The number of nitrogens with zero attached hydrogens (tertiary/aromatic N) is 5. The second-order valence-electron chi connectivity index (χ2n) is 7.94. The lowest BCUT2D eigenvalue weighted by Gasteiger charge is -2.32. The molecular formula is C21H28BN7. The minimum Gasteiger partial charge on any atom is -0.350 e. The number of nitrogens with one attached hydrogen (secondary N) is 2. The summed E-state index contributed by atoms with van der Waals surface area (Å²) < 4.78 is 1.94. The Morgan fingerprint density at radius 2 is 2.07 bits per heavy atom. The molecule has 2 N–H and O–H groups in total. The number of fused-ring (bicyclic) bond motifs is 1. The van der Waals surface area contributed by atoms with E-state index in [0.717, 1.165) is 47.5 Å². The third-order valence-corrected chi connectivity index (χ3v) is 5.64. The van der Waals surface area contributed by atoms with Crippen molar-refractivity contribution < 1.29 is 0 Å². The SMILES string of the molecule is [B]c1cc(C)cc(C)c1Nc1nc2cnc(N[C@@H]3CCCN(CC)C3)nc2n1C. The van der Waals surface area contributed by atoms with Crippen LogP contribution in [0.1, 0.15) is 30.9 Å². The number of anilines is 3. The van der Waals surface area contributed by atoms with Crippen molar-refractivity contribution in [2.45, 2.75) is 39.7 Å². The number of piperidine rings is 1. The molecule has 1 aliphatic heterocycles. The second kappa shape index (κ2) is 8.03. The fourth-order valence-corrected chi connectivity index (χ4v) is 4.09. The monoisotopic (exact) mass is 389 g/mol. The van der Waals surface area contributed by atoms with Crippen LogP contribution in [0.2, 0.25) is 0 Å². The Bertz CT molecular complexity index is 1010. The first-order valence-electron chi connectivity index (χ1n) is 10.3. The van der Waals surface area contributed by atoms with Gasteiger partial charge in [0.2, 0.25) is 11.9 Å². The molecule has 1 aliphatic rings. The summed E-state index contributed by atoms with van der Waals surface area (Å²) in [5.41, 5.74) is 5.35. The maximum absolute atomic E-state index is 6.22. The van der Waals surface area contributed by atoms with Crippen molar-refractivity contribution in [2.75, 3.05) is 30.3 Å². The number of aromatic nitrogens is 4. The van der Waals surface area contributed by atoms with Crippen LogP contribution in [-0.4, -0.2) is 57.9 Å². The Labute approximate surface area is 173 Å². The van der Waals surface area contributed by atoms with Gasteiger partial charge >= 0.3 is 0 Å². The number of aryl methyl sites for hydroxylation is 3. The van der Waals surface area contributed by atoms with Gasteiger partial charge in [-0.3, -0.25) is 4.57 Å². The van der Waals surface area contributed by atoms with Gasteiger partial charge in [-0.15, -0.1) is 0 Å². The Kier molecular flexibility index (Phi) is 5.45. The van der Waals surface area contributed by atoms with Gasteiger partial charge in [0.25, 0.3) is 0 Å². The van der Waals surface area contributed by atoms with Crippen molar-refractivity contribution in [1.82, 2.24) is 24.4 Å². The van der Waals surface area contributed by atoms with E-state index in [2.05, 4.69) is 38.5 Å². The number of likely N-dealkylation sites (tertiary alicyclic amines) is 1. The molecule has 0 spiro atoms. The number of benzene rings is 1. The highest BCUT2D eigenvalue weighted by molar-refractivity contribution is 6.36. The minimum absolute atomic E-state index is 0.377. The quantitative estimate of drug-likeness (QED) is 0.654. The predicted molar refractivity (Wildman–Crippen MR) is 120 cm³/mol. The van der Waals surface area contributed by atoms with Gasteiger partial charge in [-0.25, -0.2) is 9.97 Å². The highest BCUT2D eigenvalue weighted by Crippen LogP contribution is 2.23. The van der Waals surface area contributed by atoms with Crippen molar-refractivity contribution in [3.63, 3.8) is 0 Å². The van der Waals surface area contributed by atoms with Crippen LogP contribution < -0.4 is 16.1 Å². The zero-order chi connectivity index (χ0) is 20.5. The van der Waals surface area contributed by atoms with Gasteiger partial charge < -0.3 is 15.5 Å². The highest BCUT2D eigenvalue weighted by Gasteiger charge is 2.20. The standard InChI is InChI=1S/C21H28BN7/c1-5-29-8-6-7-15(12-29)24-20-23-11-17-19(27-20)28(4)21(25-17)26-18-14(3)9-13(2)10-16(18)22/h9-11,15H,5-8,12H2,1-4H3,(H,25,26)(H,23,24,27)/t15-/m1/s1. The second-order valence-corrected chi connectivity index (χ2v) is 7.94. The Morgan fingerprint density at radius 3 is 2.83 bits per heavy atom. The zero-order valence-electron chi connectivity index (χ0n) is 17.7. The van der Waals surface area contributed by atoms with Crippen molar-refractivity contribution in [1.29, 1.82) is 0 Å². The molecule has 3 aromatic rings. The molecular weight excluding hydrogens is 361 g/mol. The molecule has 0 aliphatic carbocycles. The molecule has 0 saturated carbocycles. The minimum atomic E-state index is 0.377. The van der Waals surface area contributed by atoms with Crippen LogP contribution in [0.4, 0.5) is 17.6 Å². The fourth-order valence-electron chi connectivity index (χ4n) is 4.09. The van der Waals surface area contributed by atoms with E-state index in [0.29, 0.717) is 23.4 Å². The van der Waals surface area contributed by atoms with E-state index in [4.69, 9.17) is 12.8 Å². The van der Waals surface area contributed by atoms with E-state index in [-0.39, 0.29) is 0 Å². The summed E-state index contributed by atoms with van der Waals surface area (Å²) >= 11 is 0. The van der Waals surface area contributed by atoms with E-state index in [1.165, 1.54) is 13.0 Å². The molecule has 3 heterocycles. The van der Waals surface area contributed by atoms with Crippen LogP contribution in [0.5, 0.6) is 0 Å². The number of hydrogen-bond acceptors (Lipinski definition) is 6. The van der Waals surface area contributed by atoms with E-state index < -0.39 is 0 Å². The first-order chi connectivity index (χ1) is 13.9. The molecule has 1 aromatic carbocycles. The van der Waals surface area contributed by atoms with Gasteiger partial charge in [0.05, 0.1) is 6.20 Å². The average molecular weight is 389 g/mol. The molecule has 150 valence electrons. The molecule has 2 aromatic heterocycles. The van der Waals surface area contributed by atoms with Gasteiger partial charge in [-0.1, -0.05) is 30.1 Å². The Hall–Kier alpha value is -2.61. The van der Waals surface area contributed by atoms with Crippen LogP contribution in [0, 0.1) is 13.8 Å². The molecule has 0 bridgehead atoms. The van der Waals surface area contributed by atoms with Crippen LogP contribution in [0.3, 0.4) is 0 Å². The van der Waals surface area contributed by atoms with Crippen LogP contribution in [0.25, 0.3) is 11.2 Å². The van der Waals surface area contributed by atoms with E-state index in [1.807, 2.05) is 31.5 Å². The maximum atomic E-state index is 6.22. The van der Waals surface area contributed by atoms with Crippen LogP contribution >= 0.6 is 0 Å². The lowest BCUT2D eigenvalue weighted by atomic mass is 9.90. The van der Waals surface area contributed by atoms with Crippen molar-refractivity contribution in [3.8, 4) is 0 Å². The van der Waals surface area contributed by atoms with Gasteiger partial charge in [0, 0.05) is 25.3 Å². The Morgan fingerprint density at radius 1 is 1.24 bits per heavy atom.